The van der Waals surface area contributed by atoms with E-state index in [1.54, 1.807) is 31.1 Å². The minimum Gasteiger partial charge on any atom is -0.493 e. The van der Waals surface area contributed by atoms with Crippen molar-refractivity contribution in [2.75, 3.05) is 19.1 Å². The Morgan fingerprint density at radius 1 is 0.966 bits per heavy atom. The van der Waals surface area contributed by atoms with Gasteiger partial charge in [0.25, 0.3) is 0 Å². The lowest BCUT2D eigenvalue weighted by atomic mass is 10.1. The van der Waals surface area contributed by atoms with Crippen molar-refractivity contribution in [1.82, 2.24) is 14.6 Å². The third kappa shape index (κ3) is 3.57. The number of anilines is 3. The smallest absolute Gasteiger partial charge is 0.162 e. The molecular weight excluding hydrogens is 411 g/mol. The van der Waals surface area contributed by atoms with Gasteiger partial charge in [0.05, 0.1) is 31.8 Å². The molecule has 6 nitrogen and oxygen atoms in total. The Balaban J connectivity index is 1.99. The van der Waals surface area contributed by atoms with Gasteiger partial charge < -0.3 is 9.47 Å². The third-order valence-corrected chi connectivity index (χ3v) is 5.07. The zero-order chi connectivity index (χ0) is 20.4. The van der Waals surface area contributed by atoms with Crippen molar-refractivity contribution in [1.29, 1.82) is 0 Å². The van der Waals surface area contributed by atoms with E-state index in [1.807, 2.05) is 53.4 Å². The number of hydrogen-bond donors (Lipinski definition) is 0. The van der Waals surface area contributed by atoms with Gasteiger partial charge in [-0.3, -0.25) is 4.90 Å². The molecule has 0 unspecified atom stereocenters. The van der Waals surface area contributed by atoms with Gasteiger partial charge in [0.2, 0.25) is 0 Å². The average Bonchev–Trinajstić information content (AvgIpc) is 3.24. The van der Waals surface area contributed by atoms with E-state index in [0.29, 0.717) is 22.4 Å². The van der Waals surface area contributed by atoms with Crippen LogP contribution in [0.1, 0.15) is 5.56 Å². The highest BCUT2D eigenvalue weighted by molar-refractivity contribution is 6.31. The van der Waals surface area contributed by atoms with Crippen LogP contribution in [0, 0.1) is 0 Å². The largest absolute Gasteiger partial charge is 0.493 e. The Kier molecular flexibility index (Phi) is 5.47. The number of halogens is 2. The van der Waals surface area contributed by atoms with Crippen molar-refractivity contribution < 1.29 is 9.47 Å². The number of nitrogens with zero attached hydrogens (tertiary/aromatic N) is 4. The summed E-state index contributed by atoms with van der Waals surface area (Å²) in [6, 6.07) is 15.1. The molecule has 4 aromatic rings. The number of ether oxygens (including phenoxy) is 2. The van der Waals surface area contributed by atoms with E-state index in [9.17, 15) is 0 Å². The van der Waals surface area contributed by atoms with Crippen LogP contribution in [-0.4, -0.2) is 28.8 Å². The highest BCUT2D eigenvalue weighted by atomic mass is 35.5. The summed E-state index contributed by atoms with van der Waals surface area (Å²) in [7, 11) is 3.22. The lowest BCUT2D eigenvalue weighted by molar-refractivity contribution is 0.355. The van der Waals surface area contributed by atoms with Crippen LogP contribution in [0.4, 0.5) is 17.2 Å². The van der Waals surface area contributed by atoms with E-state index >= 15 is 0 Å². The molecule has 0 spiro atoms. The molecule has 8 heteroatoms. The maximum atomic E-state index is 6.26. The van der Waals surface area contributed by atoms with Crippen LogP contribution >= 0.6 is 23.2 Å². The summed E-state index contributed by atoms with van der Waals surface area (Å²) in [6.45, 7) is 0. The topological polar surface area (TPSA) is 51.9 Å². The number of aromatic nitrogens is 3. The molecule has 0 bridgehead atoms. The molecule has 148 valence electrons. The molecule has 0 amide bonds. The van der Waals surface area contributed by atoms with E-state index in [-0.39, 0.29) is 0 Å². The predicted molar refractivity (Wildman–Crippen MR) is 115 cm³/mol. The first-order valence-electron chi connectivity index (χ1n) is 8.81. The number of methoxy groups -OCH3 is 2. The van der Waals surface area contributed by atoms with E-state index < -0.39 is 0 Å². The Labute approximate surface area is 178 Å². The van der Waals surface area contributed by atoms with E-state index in [0.717, 1.165) is 28.4 Å². The molecular formula is C21H18Cl2N4O2. The molecule has 2 aromatic carbocycles. The second-order valence-electron chi connectivity index (χ2n) is 6.19. The van der Waals surface area contributed by atoms with Crippen LogP contribution in [0.3, 0.4) is 0 Å². The second kappa shape index (κ2) is 8.19. The minimum atomic E-state index is 0.299. The maximum absolute atomic E-state index is 6.26. The van der Waals surface area contributed by atoms with Crippen LogP contribution in [0.5, 0.6) is 11.5 Å². The number of fused-ring (bicyclic) bond motifs is 1. The van der Waals surface area contributed by atoms with Crippen LogP contribution in [0.25, 0.3) is 5.65 Å². The van der Waals surface area contributed by atoms with E-state index in [4.69, 9.17) is 32.7 Å². The van der Waals surface area contributed by atoms with Crippen LogP contribution in [0.2, 0.25) is 5.02 Å². The molecule has 0 aliphatic carbocycles. The quantitative estimate of drug-likeness (QED) is 0.373. The SMILES string of the molecule is COc1ccc(N(c2ccc(Cl)cc2CCl)c2ccnc3ccnn23)cc1OC. The first-order chi connectivity index (χ1) is 14.2. The maximum Gasteiger partial charge on any atom is 0.162 e. The van der Waals surface area contributed by atoms with Gasteiger partial charge in [-0.2, -0.15) is 9.61 Å². The van der Waals surface area contributed by atoms with Crippen molar-refractivity contribution in [3.8, 4) is 11.5 Å². The molecule has 0 fully saturated rings. The molecule has 2 aromatic heterocycles. The van der Waals surface area contributed by atoms with Crippen molar-refractivity contribution >= 4 is 46.0 Å². The first-order valence-corrected chi connectivity index (χ1v) is 9.73. The Hall–Kier alpha value is -2.96. The van der Waals surface area contributed by atoms with Crippen molar-refractivity contribution in [2.24, 2.45) is 0 Å². The first kappa shape index (κ1) is 19.4. The van der Waals surface area contributed by atoms with E-state index in [1.165, 1.54) is 0 Å². The fraction of sp³-hybridized carbons (Fsp3) is 0.143. The zero-order valence-corrected chi connectivity index (χ0v) is 17.4. The normalized spacial score (nSPS) is 10.9. The Bertz CT molecular complexity index is 1160. The molecule has 29 heavy (non-hydrogen) atoms. The Morgan fingerprint density at radius 2 is 1.79 bits per heavy atom. The third-order valence-electron chi connectivity index (χ3n) is 4.55. The fourth-order valence-electron chi connectivity index (χ4n) is 3.23. The lowest BCUT2D eigenvalue weighted by Gasteiger charge is -2.28. The summed E-state index contributed by atoms with van der Waals surface area (Å²) >= 11 is 12.5. The summed E-state index contributed by atoms with van der Waals surface area (Å²) in [5, 5.41) is 5.06. The number of rotatable bonds is 6. The molecule has 0 atom stereocenters. The summed E-state index contributed by atoms with van der Waals surface area (Å²) in [4.78, 5) is 6.41. The van der Waals surface area contributed by atoms with Crippen LogP contribution in [0.15, 0.2) is 60.9 Å². The van der Waals surface area contributed by atoms with Gasteiger partial charge in [0.1, 0.15) is 5.82 Å². The zero-order valence-electron chi connectivity index (χ0n) is 15.8. The molecule has 4 rings (SSSR count). The van der Waals surface area contributed by atoms with Crippen LogP contribution in [-0.2, 0) is 5.88 Å². The van der Waals surface area contributed by atoms with Crippen molar-refractivity contribution in [3.05, 3.63) is 71.5 Å². The summed E-state index contributed by atoms with van der Waals surface area (Å²) in [5.74, 6) is 2.35. The van der Waals surface area contributed by atoms with Crippen molar-refractivity contribution in [2.45, 2.75) is 5.88 Å². The molecule has 0 saturated carbocycles. The lowest BCUT2D eigenvalue weighted by Crippen LogP contribution is -2.16. The molecule has 2 heterocycles. The number of hydrogen-bond acceptors (Lipinski definition) is 5. The summed E-state index contributed by atoms with van der Waals surface area (Å²) in [6.07, 6.45) is 3.46. The fourth-order valence-corrected chi connectivity index (χ4v) is 3.64. The van der Waals surface area contributed by atoms with Gasteiger partial charge in [-0.1, -0.05) is 11.6 Å². The molecule has 0 saturated heterocycles. The van der Waals surface area contributed by atoms with Gasteiger partial charge in [-0.25, -0.2) is 4.98 Å². The van der Waals surface area contributed by atoms with E-state index in [2.05, 4.69) is 10.1 Å². The molecule has 0 aliphatic rings. The molecule has 0 radical (unpaired) electrons. The standard InChI is InChI=1S/C21H18Cl2N4O2/c1-28-18-6-4-16(12-19(18)29-2)26(17-5-3-15(23)11-14(17)13-22)21-8-9-24-20-7-10-25-27(20)21/h3-12H,13H2,1-2H3. The van der Waals surface area contributed by atoms with Gasteiger partial charge in [-0.15, -0.1) is 11.6 Å². The summed E-state index contributed by atoms with van der Waals surface area (Å²) < 4.78 is 12.7. The second-order valence-corrected chi connectivity index (χ2v) is 6.89. The van der Waals surface area contributed by atoms with Crippen molar-refractivity contribution in [3.63, 3.8) is 0 Å². The molecule has 0 aliphatic heterocycles. The average molecular weight is 429 g/mol. The van der Waals surface area contributed by atoms with Gasteiger partial charge in [0.15, 0.2) is 17.1 Å². The number of alkyl halides is 1. The number of benzene rings is 2. The predicted octanol–water partition coefficient (Wildman–Crippen LogP) is 5.61. The molecule has 0 N–H and O–H groups in total. The van der Waals surface area contributed by atoms with Crippen LogP contribution < -0.4 is 14.4 Å². The van der Waals surface area contributed by atoms with Gasteiger partial charge in [0, 0.05) is 29.2 Å². The highest BCUT2D eigenvalue weighted by Gasteiger charge is 2.20. The van der Waals surface area contributed by atoms with Gasteiger partial charge in [-0.05, 0) is 42.0 Å². The monoisotopic (exact) mass is 428 g/mol. The highest BCUT2D eigenvalue weighted by Crippen LogP contribution is 2.41. The summed E-state index contributed by atoms with van der Waals surface area (Å²) in [5.41, 5.74) is 3.33. The Morgan fingerprint density at radius 3 is 2.55 bits per heavy atom. The van der Waals surface area contributed by atoms with Gasteiger partial charge >= 0.3 is 0 Å². The minimum absolute atomic E-state index is 0.299.